The third-order valence-corrected chi connectivity index (χ3v) is 3.99. The number of carbonyl (C=O) groups excluding carboxylic acids is 1. The third-order valence-electron chi connectivity index (χ3n) is 3.99. The van der Waals surface area contributed by atoms with Gasteiger partial charge in [0.15, 0.2) is 0 Å². The molecule has 2 aromatic heterocycles. The molecule has 3 aromatic rings. The van der Waals surface area contributed by atoms with Gasteiger partial charge in [-0.3, -0.25) is 24.3 Å². The Kier molecular flexibility index (Phi) is 4.78. The van der Waals surface area contributed by atoms with Gasteiger partial charge >= 0.3 is 0 Å². The fourth-order valence-electron chi connectivity index (χ4n) is 2.63. The number of carbonyl (C=O) groups is 1. The molecule has 3 rings (SSSR count). The molecule has 0 bridgehead atoms. The summed E-state index contributed by atoms with van der Waals surface area (Å²) in [6.45, 7) is 4.89. The van der Waals surface area contributed by atoms with Crippen LogP contribution in [0.4, 0.5) is 11.4 Å². The van der Waals surface area contributed by atoms with Crippen molar-refractivity contribution >= 4 is 17.3 Å². The summed E-state index contributed by atoms with van der Waals surface area (Å²) in [5.41, 5.74) is 2.03. The maximum absolute atomic E-state index is 12.4. The molecule has 0 aliphatic heterocycles. The lowest BCUT2D eigenvalue weighted by atomic mass is 10.1. The minimum absolute atomic E-state index is 0.0821. The summed E-state index contributed by atoms with van der Waals surface area (Å²) >= 11 is 0. The second-order valence-corrected chi connectivity index (χ2v) is 5.79. The van der Waals surface area contributed by atoms with Crippen LogP contribution in [-0.4, -0.2) is 30.4 Å². The van der Waals surface area contributed by atoms with Gasteiger partial charge in [-0.25, -0.2) is 0 Å². The van der Waals surface area contributed by atoms with Crippen molar-refractivity contribution in [1.29, 1.82) is 0 Å². The molecule has 0 atom stereocenters. The van der Waals surface area contributed by atoms with Crippen molar-refractivity contribution in [2.45, 2.75) is 26.9 Å². The number of hydrogen-bond acceptors (Lipinski definition) is 5. The largest absolute Gasteiger partial charge is 0.319 e. The molecule has 9 heteroatoms. The summed E-state index contributed by atoms with van der Waals surface area (Å²) in [6, 6.07) is 4.43. The summed E-state index contributed by atoms with van der Waals surface area (Å²) in [7, 11) is 0. The van der Waals surface area contributed by atoms with Crippen LogP contribution in [0.5, 0.6) is 0 Å². The number of nitrogens with one attached hydrogen (secondary N) is 1. The first-order valence-corrected chi connectivity index (χ1v) is 8.07. The number of hydrogen-bond donors (Lipinski definition) is 1. The molecule has 0 fully saturated rings. The van der Waals surface area contributed by atoms with Gasteiger partial charge in [0.25, 0.3) is 11.6 Å². The monoisotopic (exact) mass is 354 g/mol. The lowest BCUT2D eigenvalue weighted by molar-refractivity contribution is -0.385. The van der Waals surface area contributed by atoms with Crippen molar-refractivity contribution in [3.05, 3.63) is 69.8 Å². The molecule has 0 aliphatic rings. The second kappa shape index (κ2) is 7.18. The predicted molar refractivity (Wildman–Crippen MR) is 95.0 cm³/mol. The van der Waals surface area contributed by atoms with E-state index < -0.39 is 10.8 Å². The summed E-state index contributed by atoms with van der Waals surface area (Å²) in [5, 5.41) is 22.2. The highest BCUT2D eigenvalue weighted by Gasteiger charge is 2.18. The molecule has 0 spiro atoms. The fourth-order valence-corrected chi connectivity index (χ4v) is 2.63. The minimum Gasteiger partial charge on any atom is -0.319 e. The smallest absolute Gasteiger partial charge is 0.273 e. The summed E-state index contributed by atoms with van der Waals surface area (Å²) in [4.78, 5) is 22.9. The lowest BCUT2D eigenvalue weighted by Gasteiger charge is -2.06. The Bertz CT molecular complexity index is 959. The van der Waals surface area contributed by atoms with Crippen LogP contribution in [0.25, 0.3) is 0 Å². The van der Waals surface area contributed by atoms with Crippen LogP contribution >= 0.6 is 0 Å². The van der Waals surface area contributed by atoms with E-state index in [9.17, 15) is 14.9 Å². The maximum atomic E-state index is 12.4. The van der Waals surface area contributed by atoms with E-state index in [2.05, 4.69) is 15.5 Å². The van der Waals surface area contributed by atoms with Crippen LogP contribution in [0.1, 0.15) is 28.4 Å². The molecule has 2 heterocycles. The highest BCUT2D eigenvalue weighted by atomic mass is 16.6. The van der Waals surface area contributed by atoms with Crippen molar-refractivity contribution in [1.82, 2.24) is 19.6 Å². The zero-order chi connectivity index (χ0) is 18.7. The van der Waals surface area contributed by atoms with Crippen LogP contribution in [0.15, 0.2) is 43.0 Å². The van der Waals surface area contributed by atoms with Crippen molar-refractivity contribution in [3.8, 4) is 0 Å². The SMILES string of the molecule is CCn1cc(Cn2cc(NC(=O)c3cccc([N+](=O)[O-])c3C)cn2)cn1. The van der Waals surface area contributed by atoms with Gasteiger partial charge < -0.3 is 5.32 Å². The van der Waals surface area contributed by atoms with Crippen LogP contribution in [-0.2, 0) is 13.1 Å². The van der Waals surface area contributed by atoms with Crippen molar-refractivity contribution in [2.24, 2.45) is 0 Å². The molecular formula is C17H18N6O3. The van der Waals surface area contributed by atoms with E-state index in [1.807, 2.05) is 17.8 Å². The maximum Gasteiger partial charge on any atom is 0.273 e. The number of nitro benzene ring substituents is 1. The third kappa shape index (κ3) is 3.61. The van der Waals surface area contributed by atoms with Crippen LogP contribution in [0.3, 0.4) is 0 Å². The first-order valence-electron chi connectivity index (χ1n) is 8.07. The molecule has 0 aliphatic carbocycles. The molecule has 1 amide bonds. The van der Waals surface area contributed by atoms with Gasteiger partial charge in [-0.05, 0) is 19.9 Å². The number of nitro groups is 1. The van der Waals surface area contributed by atoms with Gasteiger partial charge in [0.1, 0.15) is 0 Å². The summed E-state index contributed by atoms with van der Waals surface area (Å²) in [5.74, 6) is -0.412. The quantitative estimate of drug-likeness (QED) is 0.541. The number of rotatable bonds is 6. The molecule has 0 saturated heterocycles. The number of nitrogens with zero attached hydrogens (tertiary/aromatic N) is 5. The zero-order valence-corrected chi connectivity index (χ0v) is 14.4. The van der Waals surface area contributed by atoms with Crippen LogP contribution in [0, 0.1) is 17.0 Å². The van der Waals surface area contributed by atoms with E-state index in [4.69, 9.17) is 0 Å². The van der Waals surface area contributed by atoms with Gasteiger partial charge in [0.05, 0.1) is 29.5 Å². The molecular weight excluding hydrogens is 336 g/mol. The summed E-state index contributed by atoms with van der Waals surface area (Å²) in [6.07, 6.45) is 6.95. The molecule has 134 valence electrons. The molecule has 0 unspecified atom stereocenters. The Balaban J connectivity index is 1.72. The average molecular weight is 354 g/mol. The highest BCUT2D eigenvalue weighted by Crippen LogP contribution is 2.22. The molecule has 1 N–H and O–H groups in total. The number of aromatic nitrogens is 4. The van der Waals surface area contributed by atoms with Gasteiger partial charge in [-0.1, -0.05) is 6.07 Å². The number of aryl methyl sites for hydroxylation is 1. The Hall–Kier alpha value is -3.49. The molecule has 0 radical (unpaired) electrons. The van der Waals surface area contributed by atoms with Crippen molar-refractivity contribution in [3.63, 3.8) is 0 Å². The summed E-state index contributed by atoms with van der Waals surface area (Å²) < 4.78 is 3.51. The average Bonchev–Trinajstić information content (AvgIpc) is 3.24. The van der Waals surface area contributed by atoms with E-state index in [1.165, 1.54) is 18.3 Å². The van der Waals surface area contributed by atoms with Gasteiger partial charge in [-0.15, -0.1) is 0 Å². The van der Waals surface area contributed by atoms with E-state index >= 15 is 0 Å². The van der Waals surface area contributed by atoms with E-state index in [0.717, 1.165) is 12.1 Å². The number of benzene rings is 1. The Morgan fingerprint density at radius 3 is 2.69 bits per heavy atom. The Morgan fingerprint density at radius 1 is 1.23 bits per heavy atom. The van der Waals surface area contributed by atoms with E-state index in [1.54, 1.807) is 30.1 Å². The predicted octanol–water partition coefficient (Wildman–Crippen LogP) is 2.62. The molecule has 0 saturated carbocycles. The topological polar surface area (TPSA) is 108 Å². The number of anilines is 1. The Labute approximate surface area is 149 Å². The van der Waals surface area contributed by atoms with Gasteiger partial charge in [0.2, 0.25) is 0 Å². The van der Waals surface area contributed by atoms with E-state index in [0.29, 0.717) is 17.8 Å². The normalized spacial score (nSPS) is 10.7. The standard InChI is InChI=1S/C17H18N6O3/c1-3-21-9-13(7-18-21)10-22-11-14(8-19-22)20-17(24)15-5-4-6-16(12(15)2)23(25)26/h4-9,11H,3,10H2,1-2H3,(H,20,24). The van der Waals surface area contributed by atoms with Crippen molar-refractivity contribution in [2.75, 3.05) is 5.32 Å². The Morgan fingerprint density at radius 2 is 2.00 bits per heavy atom. The van der Waals surface area contributed by atoms with E-state index in [-0.39, 0.29) is 11.3 Å². The minimum atomic E-state index is -0.499. The second-order valence-electron chi connectivity index (χ2n) is 5.79. The molecule has 9 nitrogen and oxygen atoms in total. The van der Waals surface area contributed by atoms with Crippen LogP contribution in [0.2, 0.25) is 0 Å². The highest BCUT2D eigenvalue weighted by molar-refractivity contribution is 6.05. The van der Waals surface area contributed by atoms with Crippen molar-refractivity contribution < 1.29 is 9.72 Å². The lowest BCUT2D eigenvalue weighted by Crippen LogP contribution is -2.13. The van der Waals surface area contributed by atoms with Crippen LogP contribution < -0.4 is 5.32 Å². The van der Waals surface area contributed by atoms with Gasteiger partial charge in [0, 0.05) is 41.7 Å². The first-order chi connectivity index (χ1) is 12.5. The fraction of sp³-hybridized carbons (Fsp3) is 0.235. The molecule has 1 aromatic carbocycles. The molecule has 26 heavy (non-hydrogen) atoms. The number of amides is 1. The van der Waals surface area contributed by atoms with Gasteiger partial charge in [-0.2, -0.15) is 10.2 Å². The first kappa shape index (κ1) is 17.3. The zero-order valence-electron chi connectivity index (χ0n) is 14.4.